The fraction of sp³-hybridized carbons (Fsp3) is 0.300. The van der Waals surface area contributed by atoms with Gasteiger partial charge < -0.3 is 15.0 Å². The van der Waals surface area contributed by atoms with E-state index in [1.165, 1.54) is 6.07 Å². The first-order valence-electron chi connectivity index (χ1n) is 8.92. The minimum Gasteiger partial charge on any atom is -0.356 e. The van der Waals surface area contributed by atoms with Crippen molar-refractivity contribution in [2.45, 2.75) is 24.8 Å². The Labute approximate surface area is 189 Å². The summed E-state index contributed by atoms with van der Waals surface area (Å²) in [5.74, 6) is 0.538. The Bertz CT molecular complexity index is 999. The molecule has 2 heterocycles. The van der Waals surface area contributed by atoms with Crippen molar-refractivity contribution in [1.82, 2.24) is 20.0 Å². The molecule has 0 saturated heterocycles. The molecule has 8 heteroatoms. The molecule has 0 radical (unpaired) electrons. The molecule has 0 atom stereocenters. The second-order valence-electron chi connectivity index (χ2n) is 6.92. The predicted molar refractivity (Wildman–Crippen MR) is 124 cm³/mol. The van der Waals surface area contributed by atoms with Crippen molar-refractivity contribution in [1.29, 1.82) is 0 Å². The molecule has 0 aliphatic heterocycles. The molecule has 148 valence electrons. The Morgan fingerprint density at radius 1 is 1.25 bits per heavy atom. The van der Waals surface area contributed by atoms with Gasteiger partial charge in [0.2, 0.25) is 0 Å². The number of benzene rings is 1. The number of aromatic nitrogens is 2. The first kappa shape index (κ1) is 21.0. The van der Waals surface area contributed by atoms with Crippen molar-refractivity contribution in [3.05, 3.63) is 70.3 Å². The van der Waals surface area contributed by atoms with Crippen LogP contribution in [0.3, 0.4) is 0 Å². The van der Waals surface area contributed by atoms with E-state index in [1.54, 1.807) is 19.2 Å². The summed E-state index contributed by atoms with van der Waals surface area (Å²) in [5, 5.41) is 6.68. The first-order valence-corrected chi connectivity index (χ1v) is 9.71. The molecular formula is C20H22BrFIN5. The number of rotatable bonds is 5. The molecule has 0 spiro atoms. The van der Waals surface area contributed by atoms with Crippen LogP contribution < -0.4 is 10.6 Å². The molecule has 0 amide bonds. The molecule has 1 saturated carbocycles. The van der Waals surface area contributed by atoms with Crippen molar-refractivity contribution in [3.63, 3.8) is 0 Å². The number of hydrogen-bond donors (Lipinski definition) is 2. The molecule has 2 aromatic heterocycles. The number of halogens is 3. The number of pyridine rings is 1. The van der Waals surface area contributed by atoms with Crippen LogP contribution in [0.15, 0.2) is 58.3 Å². The second kappa shape index (κ2) is 8.77. The van der Waals surface area contributed by atoms with E-state index < -0.39 is 0 Å². The van der Waals surface area contributed by atoms with Gasteiger partial charge in [0.05, 0.1) is 12.2 Å². The Kier molecular flexibility index (Phi) is 6.59. The Morgan fingerprint density at radius 3 is 2.79 bits per heavy atom. The lowest BCUT2D eigenvalue weighted by Gasteiger charge is -2.19. The van der Waals surface area contributed by atoms with Crippen LogP contribution in [0.5, 0.6) is 0 Å². The molecule has 28 heavy (non-hydrogen) atoms. The quantitative estimate of drug-likeness (QED) is 0.280. The third-order valence-corrected chi connectivity index (χ3v) is 5.48. The van der Waals surface area contributed by atoms with E-state index in [2.05, 4.69) is 36.5 Å². The zero-order chi connectivity index (χ0) is 18.9. The summed E-state index contributed by atoms with van der Waals surface area (Å²) in [6.07, 6.45) is 6.09. The second-order valence-corrected chi connectivity index (χ2v) is 7.83. The van der Waals surface area contributed by atoms with E-state index in [1.807, 2.05) is 35.0 Å². The molecule has 1 fully saturated rings. The van der Waals surface area contributed by atoms with Crippen LogP contribution in [0.1, 0.15) is 24.1 Å². The van der Waals surface area contributed by atoms with E-state index in [0.717, 1.165) is 46.7 Å². The molecule has 2 N–H and O–H groups in total. The Balaban J connectivity index is 0.00000225. The van der Waals surface area contributed by atoms with Gasteiger partial charge in [0, 0.05) is 35.9 Å². The number of guanidine groups is 1. The van der Waals surface area contributed by atoms with Gasteiger partial charge in [-0.25, -0.2) is 9.37 Å². The number of fused-ring (bicyclic) bond motifs is 1. The Hall–Kier alpha value is -1.68. The van der Waals surface area contributed by atoms with Crippen molar-refractivity contribution < 1.29 is 4.39 Å². The highest BCUT2D eigenvalue weighted by Gasteiger charge is 2.44. The van der Waals surface area contributed by atoms with Crippen LogP contribution in [-0.4, -0.2) is 28.9 Å². The maximum atomic E-state index is 13.5. The molecule has 1 aromatic carbocycles. The SMILES string of the molecule is CN=C(NCc1cn2cc(Br)ccc2n1)NCC1(c2cccc(F)c2)CC1.I. The van der Waals surface area contributed by atoms with Gasteiger partial charge in [-0.15, -0.1) is 24.0 Å². The van der Waals surface area contributed by atoms with Crippen molar-refractivity contribution >= 4 is 51.5 Å². The van der Waals surface area contributed by atoms with Gasteiger partial charge in [0.1, 0.15) is 11.5 Å². The number of nitrogens with one attached hydrogen (secondary N) is 2. The molecule has 1 aliphatic carbocycles. The zero-order valence-electron chi connectivity index (χ0n) is 15.5. The maximum absolute atomic E-state index is 13.5. The van der Waals surface area contributed by atoms with Gasteiger partial charge in [-0.3, -0.25) is 4.99 Å². The molecule has 1 aliphatic rings. The molecule has 3 aromatic rings. The summed E-state index contributed by atoms with van der Waals surface area (Å²) in [7, 11) is 1.75. The number of imidazole rings is 1. The largest absolute Gasteiger partial charge is 0.356 e. The van der Waals surface area contributed by atoms with Crippen LogP contribution in [0, 0.1) is 5.82 Å². The van der Waals surface area contributed by atoms with E-state index in [0.29, 0.717) is 6.54 Å². The summed E-state index contributed by atoms with van der Waals surface area (Å²) in [6.45, 7) is 1.31. The summed E-state index contributed by atoms with van der Waals surface area (Å²) in [6, 6.07) is 10.8. The van der Waals surface area contributed by atoms with E-state index in [4.69, 9.17) is 0 Å². The molecule has 0 bridgehead atoms. The van der Waals surface area contributed by atoms with Crippen LogP contribution >= 0.6 is 39.9 Å². The first-order chi connectivity index (χ1) is 13.1. The van der Waals surface area contributed by atoms with Gasteiger partial charge in [0.15, 0.2) is 5.96 Å². The highest BCUT2D eigenvalue weighted by atomic mass is 127. The monoisotopic (exact) mass is 557 g/mol. The highest BCUT2D eigenvalue weighted by Crippen LogP contribution is 2.47. The standard InChI is InChI=1S/C20H21BrFN5.HI/c1-23-19(24-10-17-12-27-11-15(21)5-6-18(27)26-17)25-13-20(7-8-20)14-3-2-4-16(22)9-14;/h2-6,9,11-12H,7-8,10,13H2,1H3,(H2,23,24,25);1H. The summed E-state index contributed by atoms with van der Waals surface area (Å²) in [4.78, 5) is 8.89. The lowest BCUT2D eigenvalue weighted by atomic mass is 9.96. The third-order valence-electron chi connectivity index (χ3n) is 5.01. The maximum Gasteiger partial charge on any atom is 0.191 e. The van der Waals surface area contributed by atoms with Crippen LogP contribution in [-0.2, 0) is 12.0 Å². The number of aliphatic imine (C=N–C) groups is 1. The highest BCUT2D eigenvalue weighted by molar-refractivity contribution is 14.0. The average Bonchev–Trinajstić information content (AvgIpc) is 3.35. The van der Waals surface area contributed by atoms with E-state index >= 15 is 0 Å². The normalized spacial score (nSPS) is 15.2. The molecule has 5 nitrogen and oxygen atoms in total. The van der Waals surface area contributed by atoms with Crippen LogP contribution in [0.2, 0.25) is 0 Å². The van der Waals surface area contributed by atoms with Crippen molar-refractivity contribution in [3.8, 4) is 0 Å². The van der Waals surface area contributed by atoms with Gasteiger partial charge in [-0.05, 0) is 58.6 Å². The fourth-order valence-electron chi connectivity index (χ4n) is 3.29. The Morgan fingerprint density at radius 2 is 2.07 bits per heavy atom. The van der Waals surface area contributed by atoms with Crippen molar-refractivity contribution in [2.24, 2.45) is 4.99 Å². The van der Waals surface area contributed by atoms with Crippen LogP contribution in [0.25, 0.3) is 5.65 Å². The summed E-state index contributed by atoms with van der Waals surface area (Å²) < 4.78 is 16.5. The van der Waals surface area contributed by atoms with Gasteiger partial charge in [-0.2, -0.15) is 0 Å². The van der Waals surface area contributed by atoms with Gasteiger partial charge in [0.25, 0.3) is 0 Å². The van der Waals surface area contributed by atoms with E-state index in [9.17, 15) is 4.39 Å². The summed E-state index contributed by atoms with van der Waals surface area (Å²) >= 11 is 3.47. The topological polar surface area (TPSA) is 53.7 Å². The zero-order valence-corrected chi connectivity index (χ0v) is 19.4. The van der Waals surface area contributed by atoms with Crippen molar-refractivity contribution in [2.75, 3.05) is 13.6 Å². The lowest BCUT2D eigenvalue weighted by Crippen LogP contribution is -2.41. The summed E-state index contributed by atoms with van der Waals surface area (Å²) in [5.41, 5.74) is 2.90. The molecule has 0 unspecified atom stereocenters. The smallest absolute Gasteiger partial charge is 0.191 e. The lowest BCUT2D eigenvalue weighted by molar-refractivity contribution is 0.607. The minimum absolute atomic E-state index is 0. The van der Waals surface area contributed by atoms with Gasteiger partial charge >= 0.3 is 0 Å². The number of nitrogens with zero attached hydrogens (tertiary/aromatic N) is 3. The molecule has 4 rings (SSSR count). The van der Waals surface area contributed by atoms with E-state index in [-0.39, 0.29) is 35.2 Å². The minimum atomic E-state index is -0.181. The van der Waals surface area contributed by atoms with Crippen LogP contribution in [0.4, 0.5) is 4.39 Å². The fourth-order valence-corrected chi connectivity index (χ4v) is 3.64. The predicted octanol–water partition coefficient (Wildman–Crippen LogP) is 4.25. The number of hydrogen-bond acceptors (Lipinski definition) is 2. The molecular weight excluding hydrogens is 536 g/mol. The third kappa shape index (κ3) is 4.65. The van der Waals surface area contributed by atoms with Gasteiger partial charge in [-0.1, -0.05) is 12.1 Å². The average molecular weight is 558 g/mol.